The minimum atomic E-state index is -0.935. The van der Waals surface area contributed by atoms with E-state index in [1.54, 1.807) is 30.9 Å². The Balaban J connectivity index is 2.32. The van der Waals surface area contributed by atoms with Crippen LogP contribution in [0.2, 0.25) is 0 Å². The van der Waals surface area contributed by atoms with E-state index in [4.69, 9.17) is 5.73 Å². The number of carbonyl (C=O) groups is 1. The van der Waals surface area contributed by atoms with Crippen molar-refractivity contribution in [1.82, 2.24) is 14.8 Å². The highest BCUT2D eigenvalue weighted by Gasteiger charge is 2.22. The summed E-state index contributed by atoms with van der Waals surface area (Å²) in [7, 11) is 0. The Labute approximate surface area is 105 Å². The van der Waals surface area contributed by atoms with Crippen LogP contribution in [0, 0.1) is 0 Å². The van der Waals surface area contributed by atoms with Crippen molar-refractivity contribution < 1.29 is 4.79 Å². The largest absolute Gasteiger partial charge is 0.323 e. The molecule has 0 bridgehead atoms. The molecule has 0 saturated carbocycles. The van der Waals surface area contributed by atoms with Gasteiger partial charge in [0.15, 0.2) is 0 Å². The molecular weight excluding hydrogens is 230 g/mol. The number of nitrogens with two attached hydrogens (primary N) is 1. The summed E-state index contributed by atoms with van der Waals surface area (Å²) in [5.41, 5.74) is 6.20. The maximum atomic E-state index is 11.9. The first-order valence-electron chi connectivity index (χ1n) is 5.53. The van der Waals surface area contributed by atoms with Crippen molar-refractivity contribution in [1.29, 1.82) is 0 Å². The summed E-state index contributed by atoms with van der Waals surface area (Å²) in [5.74, 6) is -0.255. The van der Waals surface area contributed by atoms with Crippen LogP contribution >= 0.6 is 0 Å². The van der Waals surface area contributed by atoms with E-state index in [2.05, 4.69) is 15.4 Å². The molecule has 1 aromatic heterocycles. The van der Waals surface area contributed by atoms with Crippen LogP contribution in [0.15, 0.2) is 36.9 Å². The van der Waals surface area contributed by atoms with E-state index < -0.39 is 5.54 Å². The smallest absolute Gasteiger partial charge is 0.243 e. The van der Waals surface area contributed by atoms with Gasteiger partial charge in [-0.3, -0.25) is 4.79 Å². The van der Waals surface area contributed by atoms with Gasteiger partial charge in [-0.25, -0.2) is 9.67 Å². The Hall–Kier alpha value is -2.21. The molecule has 0 aliphatic heterocycles. The summed E-state index contributed by atoms with van der Waals surface area (Å²) in [6, 6.07) is 7.33. The number of aromatic nitrogens is 3. The number of nitrogens with one attached hydrogen (secondary N) is 1. The SMILES string of the molecule is CC(C)(N)C(=O)Nc1ccccc1-n1cncn1. The molecule has 0 saturated heterocycles. The summed E-state index contributed by atoms with van der Waals surface area (Å²) in [5, 5.41) is 6.83. The van der Waals surface area contributed by atoms with Gasteiger partial charge in [0, 0.05) is 0 Å². The number of anilines is 1. The molecule has 1 amide bonds. The predicted octanol–water partition coefficient (Wildman–Crippen LogP) is 0.943. The van der Waals surface area contributed by atoms with Crippen molar-refractivity contribution in [2.75, 3.05) is 5.32 Å². The van der Waals surface area contributed by atoms with Gasteiger partial charge in [-0.2, -0.15) is 5.10 Å². The topological polar surface area (TPSA) is 85.8 Å². The van der Waals surface area contributed by atoms with E-state index in [0.717, 1.165) is 5.69 Å². The Morgan fingerprint density at radius 2 is 2.11 bits per heavy atom. The van der Waals surface area contributed by atoms with Gasteiger partial charge in [0.05, 0.1) is 16.9 Å². The van der Waals surface area contributed by atoms with E-state index in [0.29, 0.717) is 5.69 Å². The van der Waals surface area contributed by atoms with E-state index in [1.165, 1.54) is 6.33 Å². The molecule has 18 heavy (non-hydrogen) atoms. The number of rotatable bonds is 3. The number of carbonyl (C=O) groups excluding carboxylic acids is 1. The van der Waals surface area contributed by atoms with Crippen LogP contribution in [0.25, 0.3) is 5.69 Å². The summed E-state index contributed by atoms with van der Waals surface area (Å²) < 4.78 is 1.58. The van der Waals surface area contributed by atoms with Crippen molar-refractivity contribution in [3.63, 3.8) is 0 Å². The third-order valence-electron chi connectivity index (χ3n) is 2.40. The van der Waals surface area contributed by atoms with Gasteiger partial charge in [-0.1, -0.05) is 12.1 Å². The third-order valence-corrected chi connectivity index (χ3v) is 2.40. The standard InChI is InChI=1S/C12H15N5O/c1-12(2,13)11(18)16-9-5-3-4-6-10(9)17-8-14-7-15-17/h3-8H,13H2,1-2H3,(H,16,18). The number of hydrogen-bond donors (Lipinski definition) is 2. The molecule has 3 N–H and O–H groups in total. The highest BCUT2D eigenvalue weighted by atomic mass is 16.2. The average molecular weight is 245 g/mol. The van der Waals surface area contributed by atoms with Gasteiger partial charge < -0.3 is 11.1 Å². The average Bonchev–Trinajstić information content (AvgIpc) is 2.82. The molecule has 0 atom stereocenters. The molecule has 0 spiro atoms. The minimum Gasteiger partial charge on any atom is -0.323 e. The van der Waals surface area contributed by atoms with Crippen molar-refractivity contribution in [2.45, 2.75) is 19.4 Å². The second-order valence-electron chi connectivity index (χ2n) is 4.53. The maximum Gasteiger partial charge on any atom is 0.243 e. The van der Waals surface area contributed by atoms with Crippen LogP contribution in [0.1, 0.15) is 13.8 Å². The Kier molecular flexibility index (Phi) is 3.12. The molecule has 94 valence electrons. The fourth-order valence-electron chi connectivity index (χ4n) is 1.40. The highest BCUT2D eigenvalue weighted by Crippen LogP contribution is 2.19. The van der Waals surface area contributed by atoms with E-state index >= 15 is 0 Å². The molecule has 1 aromatic carbocycles. The zero-order valence-corrected chi connectivity index (χ0v) is 10.3. The molecule has 2 aromatic rings. The molecule has 1 heterocycles. The van der Waals surface area contributed by atoms with Crippen LogP contribution in [0.3, 0.4) is 0 Å². The minimum absolute atomic E-state index is 0.255. The van der Waals surface area contributed by atoms with Gasteiger partial charge in [-0.15, -0.1) is 0 Å². The lowest BCUT2D eigenvalue weighted by atomic mass is 10.1. The molecule has 0 unspecified atom stereocenters. The van der Waals surface area contributed by atoms with E-state index in [-0.39, 0.29) is 5.91 Å². The number of para-hydroxylation sites is 2. The van der Waals surface area contributed by atoms with Crippen molar-refractivity contribution in [3.8, 4) is 5.69 Å². The zero-order valence-electron chi connectivity index (χ0n) is 10.3. The van der Waals surface area contributed by atoms with Gasteiger partial charge >= 0.3 is 0 Å². The number of amides is 1. The number of hydrogen-bond acceptors (Lipinski definition) is 4. The first-order valence-corrected chi connectivity index (χ1v) is 5.53. The monoisotopic (exact) mass is 245 g/mol. The second-order valence-corrected chi connectivity index (χ2v) is 4.53. The fourth-order valence-corrected chi connectivity index (χ4v) is 1.40. The molecular formula is C12H15N5O. The van der Waals surface area contributed by atoms with E-state index in [9.17, 15) is 4.79 Å². The Bertz CT molecular complexity index is 542. The predicted molar refractivity (Wildman–Crippen MR) is 68.3 cm³/mol. The van der Waals surface area contributed by atoms with Crippen LogP contribution in [0.5, 0.6) is 0 Å². The quantitative estimate of drug-likeness (QED) is 0.842. The first kappa shape index (κ1) is 12.3. The number of benzene rings is 1. The summed E-state index contributed by atoms with van der Waals surface area (Å²) in [6.45, 7) is 3.31. The van der Waals surface area contributed by atoms with Gasteiger partial charge in [0.1, 0.15) is 12.7 Å². The van der Waals surface area contributed by atoms with Crippen LogP contribution in [-0.4, -0.2) is 26.2 Å². The zero-order chi connectivity index (χ0) is 13.2. The normalized spacial score (nSPS) is 11.3. The molecule has 0 fully saturated rings. The Morgan fingerprint density at radius 3 is 2.72 bits per heavy atom. The molecule has 6 heteroatoms. The first-order chi connectivity index (χ1) is 8.48. The Morgan fingerprint density at radius 1 is 1.39 bits per heavy atom. The van der Waals surface area contributed by atoms with Gasteiger partial charge in [0.25, 0.3) is 0 Å². The van der Waals surface area contributed by atoms with Gasteiger partial charge in [-0.05, 0) is 26.0 Å². The second kappa shape index (κ2) is 4.58. The summed E-state index contributed by atoms with van der Waals surface area (Å²) in [6.07, 6.45) is 3.00. The van der Waals surface area contributed by atoms with Crippen LogP contribution in [-0.2, 0) is 4.79 Å². The molecule has 0 aliphatic rings. The maximum absolute atomic E-state index is 11.9. The van der Waals surface area contributed by atoms with Crippen molar-refractivity contribution in [3.05, 3.63) is 36.9 Å². The lowest BCUT2D eigenvalue weighted by Crippen LogP contribution is -2.45. The molecule has 6 nitrogen and oxygen atoms in total. The molecule has 0 radical (unpaired) electrons. The molecule has 2 rings (SSSR count). The van der Waals surface area contributed by atoms with Crippen LogP contribution < -0.4 is 11.1 Å². The van der Waals surface area contributed by atoms with Crippen molar-refractivity contribution >= 4 is 11.6 Å². The van der Waals surface area contributed by atoms with Crippen molar-refractivity contribution in [2.24, 2.45) is 5.73 Å². The lowest BCUT2D eigenvalue weighted by Gasteiger charge is -2.19. The number of nitrogens with zero attached hydrogens (tertiary/aromatic N) is 3. The summed E-state index contributed by atoms with van der Waals surface area (Å²) >= 11 is 0. The van der Waals surface area contributed by atoms with Crippen LogP contribution in [0.4, 0.5) is 5.69 Å². The highest BCUT2D eigenvalue weighted by molar-refractivity contribution is 5.98. The lowest BCUT2D eigenvalue weighted by molar-refractivity contribution is -0.120. The van der Waals surface area contributed by atoms with E-state index in [1.807, 2.05) is 18.2 Å². The fraction of sp³-hybridized carbons (Fsp3) is 0.250. The summed E-state index contributed by atoms with van der Waals surface area (Å²) in [4.78, 5) is 15.8. The third kappa shape index (κ3) is 2.54. The molecule has 0 aliphatic carbocycles. The van der Waals surface area contributed by atoms with Gasteiger partial charge in [0.2, 0.25) is 5.91 Å².